The fraction of sp³-hybridized carbons (Fsp3) is 0. The van der Waals surface area contributed by atoms with Crippen LogP contribution in [0.1, 0.15) is 0 Å². The van der Waals surface area contributed by atoms with Gasteiger partial charge in [-0.05, 0) is 72.4 Å². The molecule has 0 aliphatic rings. The van der Waals surface area contributed by atoms with Crippen LogP contribution >= 0.6 is 0 Å². The summed E-state index contributed by atoms with van der Waals surface area (Å²) in [5, 5.41) is 8.45. The highest BCUT2D eigenvalue weighted by atomic mass is 15.0. The minimum Gasteiger partial charge on any atom is -0.208 e. The van der Waals surface area contributed by atoms with Crippen LogP contribution in [-0.4, -0.2) is 29.9 Å². The van der Waals surface area contributed by atoms with Gasteiger partial charge < -0.3 is 0 Å². The van der Waals surface area contributed by atoms with Gasteiger partial charge in [-0.25, -0.2) is 29.9 Å². The van der Waals surface area contributed by atoms with Gasteiger partial charge in [0.15, 0.2) is 34.9 Å². The molecule has 10 aromatic carbocycles. The third-order valence-electron chi connectivity index (χ3n) is 11.9. The second kappa shape index (κ2) is 15.6. The monoisotopic (exact) mass is 816 g/mol. The molecule has 2 aromatic heterocycles. The summed E-state index contributed by atoms with van der Waals surface area (Å²) in [5.74, 6) is 3.54. The molecule has 0 saturated heterocycles. The van der Waals surface area contributed by atoms with E-state index in [4.69, 9.17) is 29.9 Å². The van der Waals surface area contributed by atoms with Crippen molar-refractivity contribution in [1.29, 1.82) is 0 Å². The summed E-state index contributed by atoms with van der Waals surface area (Å²) in [6.45, 7) is 0. The molecule has 2 heterocycles. The molecule has 0 N–H and O–H groups in total. The number of hydrogen-bond acceptors (Lipinski definition) is 6. The molecule has 0 radical (unpaired) electrons. The van der Waals surface area contributed by atoms with Gasteiger partial charge in [-0.2, -0.15) is 0 Å². The quantitative estimate of drug-likeness (QED) is 0.118. The van der Waals surface area contributed by atoms with Gasteiger partial charge in [0.2, 0.25) is 0 Å². The summed E-state index contributed by atoms with van der Waals surface area (Å²) in [4.78, 5) is 31.6. The molecule has 12 rings (SSSR count). The Balaban J connectivity index is 1.27. The maximum atomic E-state index is 5.36. The molecule has 12 aromatic rings. The molecule has 0 saturated carbocycles. The Kier molecular flexibility index (Phi) is 9.05. The highest BCUT2D eigenvalue weighted by Gasteiger charge is 2.25. The Labute approximate surface area is 369 Å². The zero-order valence-electron chi connectivity index (χ0n) is 34.5. The lowest BCUT2D eigenvalue weighted by molar-refractivity contribution is 1.08. The van der Waals surface area contributed by atoms with E-state index in [2.05, 4.69) is 97.1 Å². The van der Waals surface area contributed by atoms with E-state index in [1.54, 1.807) is 0 Å². The first-order valence-corrected chi connectivity index (χ1v) is 21.4. The van der Waals surface area contributed by atoms with Crippen molar-refractivity contribution in [2.24, 2.45) is 0 Å². The van der Waals surface area contributed by atoms with Crippen LogP contribution in [0.5, 0.6) is 0 Å². The highest BCUT2D eigenvalue weighted by Crippen LogP contribution is 2.47. The normalized spacial score (nSPS) is 11.4. The van der Waals surface area contributed by atoms with Crippen molar-refractivity contribution >= 4 is 43.1 Å². The second-order valence-corrected chi connectivity index (χ2v) is 15.8. The average molecular weight is 817 g/mol. The van der Waals surface area contributed by atoms with Gasteiger partial charge >= 0.3 is 0 Å². The van der Waals surface area contributed by atoms with Gasteiger partial charge in [0.05, 0.1) is 0 Å². The van der Waals surface area contributed by atoms with E-state index in [-0.39, 0.29) is 0 Å². The molecule has 0 fully saturated rings. The van der Waals surface area contributed by atoms with Gasteiger partial charge in [-0.3, -0.25) is 0 Å². The van der Waals surface area contributed by atoms with Gasteiger partial charge in [0.1, 0.15) is 0 Å². The first kappa shape index (κ1) is 37.1. The predicted octanol–water partition coefficient (Wildman–Crippen LogP) is 14.3. The first-order chi connectivity index (χ1) is 31.7. The van der Waals surface area contributed by atoms with Crippen LogP contribution in [0.2, 0.25) is 0 Å². The lowest BCUT2D eigenvalue weighted by Crippen LogP contribution is -2.03. The third kappa shape index (κ3) is 6.53. The molecule has 0 unspecified atom stereocenters. The molecule has 298 valence electrons. The maximum absolute atomic E-state index is 5.36. The summed E-state index contributed by atoms with van der Waals surface area (Å²) >= 11 is 0. The van der Waals surface area contributed by atoms with Gasteiger partial charge in [-0.15, -0.1) is 0 Å². The standard InChI is InChI=1S/C58H36N6/c1-6-20-37(21-7-1)46-34-42-30-16-17-31-43(42)47-35-49-50(36-48(46)47)52(58-63-55(40-26-12-4-13-27-40)60-56(64-58)41-28-14-5-15-29-41)45-33-19-18-32-44(45)51(49)57-61-53(38-22-8-2-9-23-38)59-54(62-57)39-24-10-3-11-25-39/h1-36H. The fourth-order valence-electron chi connectivity index (χ4n) is 8.95. The van der Waals surface area contributed by atoms with E-state index in [9.17, 15) is 0 Å². The molecule has 0 atom stereocenters. The summed E-state index contributed by atoms with van der Waals surface area (Å²) in [5.41, 5.74) is 7.71. The number of fused-ring (bicyclic) bond motifs is 5. The Hall–Kier alpha value is -8.74. The van der Waals surface area contributed by atoms with Crippen molar-refractivity contribution in [1.82, 2.24) is 29.9 Å². The van der Waals surface area contributed by atoms with Crippen LogP contribution in [-0.2, 0) is 0 Å². The maximum Gasteiger partial charge on any atom is 0.165 e. The van der Waals surface area contributed by atoms with Crippen molar-refractivity contribution in [3.05, 3.63) is 218 Å². The number of benzene rings is 10. The molecule has 0 amide bonds. The van der Waals surface area contributed by atoms with Crippen LogP contribution in [0.25, 0.3) is 123 Å². The summed E-state index contributed by atoms with van der Waals surface area (Å²) in [6, 6.07) is 75.4. The van der Waals surface area contributed by atoms with E-state index in [1.165, 1.54) is 0 Å². The van der Waals surface area contributed by atoms with Crippen molar-refractivity contribution in [2.75, 3.05) is 0 Å². The summed E-state index contributed by atoms with van der Waals surface area (Å²) < 4.78 is 0. The number of aromatic nitrogens is 6. The molecule has 0 aliphatic heterocycles. The molecule has 0 spiro atoms. The van der Waals surface area contributed by atoms with E-state index >= 15 is 0 Å². The first-order valence-electron chi connectivity index (χ1n) is 21.4. The lowest BCUT2D eigenvalue weighted by atomic mass is 9.86. The Morgan fingerprint density at radius 3 is 0.922 bits per heavy atom. The summed E-state index contributed by atoms with van der Waals surface area (Å²) in [7, 11) is 0. The van der Waals surface area contributed by atoms with E-state index in [0.29, 0.717) is 34.9 Å². The Morgan fingerprint density at radius 1 is 0.203 bits per heavy atom. The molecular formula is C58H36N6. The molecule has 0 bridgehead atoms. The smallest absolute Gasteiger partial charge is 0.165 e. The van der Waals surface area contributed by atoms with Crippen molar-refractivity contribution in [3.63, 3.8) is 0 Å². The van der Waals surface area contributed by atoms with Crippen molar-refractivity contribution in [2.45, 2.75) is 0 Å². The topological polar surface area (TPSA) is 77.3 Å². The van der Waals surface area contributed by atoms with E-state index in [1.807, 2.05) is 121 Å². The van der Waals surface area contributed by atoms with Crippen LogP contribution in [0, 0.1) is 0 Å². The molecule has 6 heteroatoms. The van der Waals surface area contributed by atoms with Gasteiger partial charge in [0, 0.05) is 33.4 Å². The van der Waals surface area contributed by atoms with Gasteiger partial charge in [0.25, 0.3) is 0 Å². The molecule has 64 heavy (non-hydrogen) atoms. The predicted molar refractivity (Wildman–Crippen MR) is 261 cm³/mol. The second-order valence-electron chi connectivity index (χ2n) is 15.8. The van der Waals surface area contributed by atoms with Crippen LogP contribution in [0.15, 0.2) is 218 Å². The van der Waals surface area contributed by atoms with E-state index in [0.717, 1.165) is 87.6 Å². The molecule has 0 aliphatic carbocycles. The number of hydrogen-bond donors (Lipinski definition) is 0. The largest absolute Gasteiger partial charge is 0.208 e. The minimum atomic E-state index is 0.576. The van der Waals surface area contributed by atoms with Crippen molar-refractivity contribution in [3.8, 4) is 79.5 Å². The molecular weight excluding hydrogens is 781 g/mol. The number of rotatable bonds is 7. The molecule has 6 nitrogen and oxygen atoms in total. The summed E-state index contributed by atoms with van der Waals surface area (Å²) in [6.07, 6.45) is 0. The Morgan fingerprint density at radius 2 is 0.516 bits per heavy atom. The van der Waals surface area contributed by atoms with Crippen LogP contribution in [0.4, 0.5) is 0 Å². The van der Waals surface area contributed by atoms with Crippen LogP contribution in [0.3, 0.4) is 0 Å². The highest BCUT2D eigenvalue weighted by molar-refractivity contribution is 6.26. The lowest BCUT2D eigenvalue weighted by Gasteiger charge is -2.20. The average Bonchev–Trinajstić information content (AvgIpc) is 3.38. The SMILES string of the molecule is c1ccc(-c2nc(-c3ccccc3)nc(-c3c4ccccc4c(-c4nc(-c5ccccc5)nc(-c5ccccc5)n4)c4cc5c(cc34)c(-c3ccccc3)cc3ccccc35)n2)cc1. The third-order valence-corrected chi connectivity index (χ3v) is 11.9. The Bertz CT molecular complexity index is 3580. The number of nitrogens with zero attached hydrogens (tertiary/aromatic N) is 6. The van der Waals surface area contributed by atoms with Gasteiger partial charge in [-0.1, -0.05) is 200 Å². The fourth-order valence-corrected chi connectivity index (χ4v) is 8.95. The zero-order chi connectivity index (χ0) is 42.4. The zero-order valence-corrected chi connectivity index (χ0v) is 34.5. The van der Waals surface area contributed by atoms with E-state index < -0.39 is 0 Å². The van der Waals surface area contributed by atoms with Crippen LogP contribution < -0.4 is 0 Å². The minimum absolute atomic E-state index is 0.576. The van der Waals surface area contributed by atoms with Crippen molar-refractivity contribution < 1.29 is 0 Å².